The number of alkyl halides is 3. The molecule has 6 heteroatoms. The Labute approximate surface area is 82.8 Å². The van der Waals surface area contributed by atoms with Crippen molar-refractivity contribution in [2.24, 2.45) is 0 Å². The van der Waals surface area contributed by atoms with Crippen LogP contribution < -0.4 is 10.1 Å². The summed E-state index contributed by atoms with van der Waals surface area (Å²) < 4.78 is 52.8. The highest BCUT2D eigenvalue weighted by Crippen LogP contribution is 2.36. The van der Waals surface area contributed by atoms with E-state index in [2.05, 4.69) is 10.1 Å². The predicted molar refractivity (Wildman–Crippen MR) is 45.3 cm³/mol. The maximum absolute atomic E-state index is 13.1. The zero-order chi connectivity index (χ0) is 11.1. The van der Waals surface area contributed by atoms with Gasteiger partial charge in [-0.1, -0.05) is 0 Å². The molecule has 0 saturated carbocycles. The third-order valence-electron chi connectivity index (χ3n) is 2.12. The average molecular weight is 221 g/mol. The molecule has 1 aliphatic heterocycles. The minimum atomic E-state index is -4.74. The van der Waals surface area contributed by atoms with Crippen LogP contribution in [0.3, 0.4) is 0 Å². The highest BCUT2D eigenvalue weighted by atomic mass is 19.4. The van der Waals surface area contributed by atoms with E-state index in [-0.39, 0.29) is 17.0 Å². The average Bonchev–Trinajstić information content (AvgIpc) is 2.57. The van der Waals surface area contributed by atoms with Crippen LogP contribution in [0.2, 0.25) is 0 Å². The molecule has 82 valence electrons. The molecule has 0 spiro atoms. The van der Waals surface area contributed by atoms with E-state index < -0.39 is 12.2 Å². The zero-order valence-corrected chi connectivity index (χ0v) is 7.49. The number of hydrogen-bond acceptors (Lipinski definition) is 2. The summed E-state index contributed by atoms with van der Waals surface area (Å²) in [6, 6.07) is 1.95. The van der Waals surface area contributed by atoms with E-state index in [1.165, 1.54) is 0 Å². The quantitative estimate of drug-likeness (QED) is 0.736. The van der Waals surface area contributed by atoms with Crippen LogP contribution in [-0.2, 0) is 6.42 Å². The van der Waals surface area contributed by atoms with Crippen molar-refractivity contribution in [3.8, 4) is 5.75 Å². The van der Waals surface area contributed by atoms with Gasteiger partial charge in [0.2, 0.25) is 0 Å². The second-order valence-electron chi connectivity index (χ2n) is 3.12. The van der Waals surface area contributed by atoms with Crippen molar-refractivity contribution in [2.75, 3.05) is 11.9 Å². The van der Waals surface area contributed by atoms with Gasteiger partial charge in [0.1, 0.15) is 11.6 Å². The van der Waals surface area contributed by atoms with Crippen LogP contribution in [-0.4, -0.2) is 12.9 Å². The molecule has 0 fully saturated rings. The smallest absolute Gasteiger partial charge is 0.405 e. The van der Waals surface area contributed by atoms with Crippen molar-refractivity contribution in [1.82, 2.24) is 0 Å². The minimum absolute atomic E-state index is 0.108. The second kappa shape index (κ2) is 3.29. The van der Waals surface area contributed by atoms with E-state index in [0.717, 1.165) is 12.1 Å². The van der Waals surface area contributed by atoms with Crippen LogP contribution in [0.5, 0.6) is 5.75 Å². The molecular formula is C9H7F4NO. The first-order chi connectivity index (χ1) is 6.97. The van der Waals surface area contributed by atoms with Crippen LogP contribution in [0.1, 0.15) is 5.56 Å². The topological polar surface area (TPSA) is 21.3 Å². The molecule has 1 N–H and O–H groups in total. The molecule has 0 amide bonds. The number of hydrogen-bond donors (Lipinski definition) is 1. The van der Waals surface area contributed by atoms with E-state index in [1.807, 2.05) is 0 Å². The zero-order valence-electron chi connectivity index (χ0n) is 7.49. The molecule has 0 aliphatic carbocycles. The van der Waals surface area contributed by atoms with Gasteiger partial charge in [-0.25, -0.2) is 4.39 Å². The maximum Gasteiger partial charge on any atom is 0.573 e. The van der Waals surface area contributed by atoms with Crippen molar-refractivity contribution in [3.05, 3.63) is 23.5 Å². The molecule has 1 aliphatic rings. The number of nitrogens with one attached hydrogen (secondary N) is 1. The fourth-order valence-electron chi connectivity index (χ4n) is 1.57. The highest BCUT2D eigenvalue weighted by molar-refractivity contribution is 5.62. The summed E-state index contributed by atoms with van der Waals surface area (Å²) in [4.78, 5) is 0. The Balaban J connectivity index is 2.38. The Morgan fingerprint density at radius 1 is 1.27 bits per heavy atom. The van der Waals surface area contributed by atoms with Crippen molar-refractivity contribution < 1.29 is 22.3 Å². The summed E-state index contributed by atoms with van der Waals surface area (Å²) in [6.07, 6.45) is -4.41. The Kier molecular flexibility index (Phi) is 2.21. The van der Waals surface area contributed by atoms with Crippen LogP contribution in [0.25, 0.3) is 0 Å². The van der Waals surface area contributed by atoms with Crippen LogP contribution >= 0.6 is 0 Å². The van der Waals surface area contributed by atoms with Crippen molar-refractivity contribution in [1.29, 1.82) is 0 Å². The lowest BCUT2D eigenvalue weighted by atomic mass is 10.1. The lowest BCUT2D eigenvalue weighted by molar-refractivity contribution is -0.274. The molecule has 1 heterocycles. The van der Waals surface area contributed by atoms with E-state index in [9.17, 15) is 17.6 Å². The first-order valence-electron chi connectivity index (χ1n) is 4.28. The lowest BCUT2D eigenvalue weighted by Gasteiger charge is -2.12. The third-order valence-corrected chi connectivity index (χ3v) is 2.12. The van der Waals surface area contributed by atoms with Crippen LogP contribution in [0.15, 0.2) is 12.1 Å². The number of rotatable bonds is 1. The number of anilines is 1. The summed E-state index contributed by atoms with van der Waals surface area (Å²) in [6.45, 7) is 0.421. The number of benzene rings is 1. The monoisotopic (exact) mass is 221 g/mol. The van der Waals surface area contributed by atoms with Gasteiger partial charge in [0, 0.05) is 12.1 Å². The van der Waals surface area contributed by atoms with Crippen LogP contribution in [0.4, 0.5) is 23.2 Å². The van der Waals surface area contributed by atoms with Gasteiger partial charge in [0.15, 0.2) is 0 Å². The molecule has 1 aromatic carbocycles. The van der Waals surface area contributed by atoms with Gasteiger partial charge in [0.05, 0.1) is 5.69 Å². The Hall–Kier alpha value is -1.46. The normalized spacial score (nSPS) is 14.7. The Bertz CT molecular complexity index is 388. The second-order valence-corrected chi connectivity index (χ2v) is 3.12. The van der Waals surface area contributed by atoms with Gasteiger partial charge in [-0.05, 0) is 18.6 Å². The van der Waals surface area contributed by atoms with Crippen molar-refractivity contribution in [2.45, 2.75) is 12.8 Å². The summed E-state index contributed by atoms with van der Waals surface area (Å²) in [5.41, 5.74) is 0.351. The van der Waals surface area contributed by atoms with E-state index in [0.29, 0.717) is 13.0 Å². The minimum Gasteiger partial charge on any atom is -0.405 e. The Morgan fingerprint density at radius 3 is 2.67 bits per heavy atom. The molecular weight excluding hydrogens is 214 g/mol. The van der Waals surface area contributed by atoms with E-state index in [4.69, 9.17) is 0 Å². The molecule has 0 aromatic heterocycles. The summed E-state index contributed by atoms with van der Waals surface area (Å²) >= 11 is 0. The maximum atomic E-state index is 13.1. The first kappa shape index (κ1) is 10.1. The lowest BCUT2D eigenvalue weighted by Crippen LogP contribution is -2.18. The molecule has 0 saturated heterocycles. The SMILES string of the molecule is Fc1ccc(OC(F)(F)F)c2c1NCC2. The summed E-state index contributed by atoms with van der Waals surface area (Å²) in [7, 11) is 0. The first-order valence-corrected chi connectivity index (χ1v) is 4.28. The van der Waals surface area contributed by atoms with E-state index >= 15 is 0 Å². The molecule has 0 atom stereocenters. The van der Waals surface area contributed by atoms with Gasteiger partial charge in [-0.3, -0.25) is 0 Å². The molecule has 1 aromatic rings. The standard InChI is InChI=1S/C9H7F4NO/c10-6-1-2-7(15-9(11,12)13)5-3-4-14-8(5)6/h1-2,14H,3-4H2. The molecule has 0 bridgehead atoms. The predicted octanol–water partition coefficient (Wildman–Crippen LogP) is 2.69. The molecule has 0 unspecified atom stereocenters. The van der Waals surface area contributed by atoms with Gasteiger partial charge in [-0.2, -0.15) is 0 Å². The van der Waals surface area contributed by atoms with Crippen LogP contribution in [0, 0.1) is 5.82 Å². The molecule has 15 heavy (non-hydrogen) atoms. The Morgan fingerprint density at radius 2 is 2.00 bits per heavy atom. The van der Waals surface area contributed by atoms with Crippen molar-refractivity contribution in [3.63, 3.8) is 0 Å². The fraction of sp³-hybridized carbons (Fsp3) is 0.333. The molecule has 0 radical (unpaired) electrons. The third kappa shape index (κ3) is 1.98. The highest BCUT2D eigenvalue weighted by Gasteiger charge is 2.33. The number of halogens is 4. The van der Waals surface area contributed by atoms with Gasteiger partial charge in [-0.15, -0.1) is 13.2 Å². The number of fused-ring (bicyclic) bond motifs is 1. The largest absolute Gasteiger partial charge is 0.573 e. The van der Waals surface area contributed by atoms with Crippen molar-refractivity contribution >= 4 is 5.69 Å². The summed E-state index contributed by atoms with van der Waals surface area (Å²) in [5.74, 6) is -0.888. The fourth-order valence-corrected chi connectivity index (χ4v) is 1.57. The number of ether oxygens (including phenoxy) is 1. The van der Waals surface area contributed by atoms with Gasteiger partial charge >= 0.3 is 6.36 Å². The van der Waals surface area contributed by atoms with Gasteiger partial charge in [0.25, 0.3) is 0 Å². The van der Waals surface area contributed by atoms with Gasteiger partial charge < -0.3 is 10.1 Å². The molecule has 2 rings (SSSR count). The van der Waals surface area contributed by atoms with E-state index in [1.54, 1.807) is 0 Å². The summed E-state index contributed by atoms with van der Waals surface area (Å²) in [5, 5.41) is 2.67. The molecule has 2 nitrogen and oxygen atoms in total.